The van der Waals surface area contributed by atoms with E-state index in [1.807, 2.05) is 0 Å². The molecule has 100 valence electrons. The second kappa shape index (κ2) is 7.82. The summed E-state index contributed by atoms with van der Waals surface area (Å²) in [5.41, 5.74) is 0.515. The second-order valence-corrected chi connectivity index (χ2v) is 4.38. The molecule has 0 saturated heterocycles. The van der Waals surface area contributed by atoms with Crippen molar-refractivity contribution in [1.82, 2.24) is 10.6 Å². The number of nitrogens with one attached hydrogen (secondary N) is 2. The summed E-state index contributed by atoms with van der Waals surface area (Å²) >= 11 is 0. The van der Waals surface area contributed by atoms with Crippen LogP contribution in [0.4, 0.5) is 4.39 Å². The molecule has 1 amide bonds. The summed E-state index contributed by atoms with van der Waals surface area (Å²) in [5.74, 6) is -0.343. The van der Waals surface area contributed by atoms with E-state index in [9.17, 15) is 9.18 Å². The van der Waals surface area contributed by atoms with Gasteiger partial charge in [0, 0.05) is 31.1 Å². The fourth-order valence-corrected chi connectivity index (χ4v) is 1.50. The van der Waals surface area contributed by atoms with Crippen molar-refractivity contribution in [2.24, 2.45) is 0 Å². The second-order valence-electron chi connectivity index (χ2n) is 4.38. The van der Waals surface area contributed by atoms with E-state index in [2.05, 4.69) is 24.5 Å². The number of amides is 1. The molecule has 1 aromatic rings. The van der Waals surface area contributed by atoms with Crippen molar-refractivity contribution in [3.63, 3.8) is 0 Å². The number of rotatable bonds is 7. The Morgan fingerprint density at radius 2 is 2.11 bits per heavy atom. The number of benzene rings is 1. The van der Waals surface area contributed by atoms with E-state index in [4.69, 9.17) is 0 Å². The van der Waals surface area contributed by atoms with Gasteiger partial charge in [0.25, 0.3) is 0 Å². The molecule has 2 N–H and O–H groups in total. The van der Waals surface area contributed by atoms with Crippen LogP contribution in [0.2, 0.25) is 0 Å². The molecule has 1 aromatic carbocycles. The minimum atomic E-state index is -0.282. The summed E-state index contributed by atoms with van der Waals surface area (Å²) in [4.78, 5) is 11.5. The van der Waals surface area contributed by atoms with Crippen LogP contribution in [0.25, 0.3) is 0 Å². The zero-order chi connectivity index (χ0) is 13.4. The third kappa shape index (κ3) is 5.27. The summed E-state index contributed by atoms with van der Waals surface area (Å²) in [7, 11) is 0. The lowest BCUT2D eigenvalue weighted by molar-refractivity contribution is -0.121. The van der Waals surface area contributed by atoms with Gasteiger partial charge in [-0.25, -0.2) is 4.39 Å². The molecule has 0 aromatic heterocycles. The Morgan fingerprint density at radius 3 is 2.78 bits per heavy atom. The van der Waals surface area contributed by atoms with Gasteiger partial charge < -0.3 is 10.6 Å². The van der Waals surface area contributed by atoms with E-state index < -0.39 is 0 Å². The van der Waals surface area contributed by atoms with E-state index in [0.717, 1.165) is 6.42 Å². The van der Waals surface area contributed by atoms with Crippen molar-refractivity contribution >= 4 is 5.91 Å². The maximum atomic E-state index is 13.3. The van der Waals surface area contributed by atoms with E-state index >= 15 is 0 Å². The summed E-state index contributed by atoms with van der Waals surface area (Å²) in [6.45, 7) is 5.07. The fourth-order valence-electron chi connectivity index (χ4n) is 1.50. The van der Waals surface area contributed by atoms with Gasteiger partial charge in [0.15, 0.2) is 0 Å². The van der Waals surface area contributed by atoms with Crippen molar-refractivity contribution < 1.29 is 9.18 Å². The number of carbonyl (C=O) groups excluding carboxylic acids is 1. The number of hydrogen-bond donors (Lipinski definition) is 2. The molecule has 0 aliphatic carbocycles. The lowest BCUT2D eigenvalue weighted by Gasteiger charge is -2.11. The van der Waals surface area contributed by atoms with Crippen LogP contribution in [-0.2, 0) is 11.3 Å². The third-order valence-corrected chi connectivity index (χ3v) is 2.89. The Morgan fingerprint density at radius 1 is 1.39 bits per heavy atom. The first-order chi connectivity index (χ1) is 8.63. The molecule has 1 rings (SSSR count). The molecule has 0 spiro atoms. The van der Waals surface area contributed by atoms with Crippen LogP contribution in [0.3, 0.4) is 0 Å². The molecule has 18 heavy (non-hydrogen) atoms. The van der Waals surface area contributed by atoms with Crippen LogP contribution in [-0.4, -0.2) is 18.5 Å². The van der Waals surface area contributed by atoms with Gasteiger partial charge in [-0.2, -0.15) is 0 Å². The first-order valence-corrected chi connectivity index (χ1v) is 6.37. The highest BCUT2D eigenvalue weighted by atomic mass is 19.1. The first kappa shape index (κ1) is 14.6. The Bertz CT molecular complexity index is 382. The van der Waals surface area contributed by atoms with Crippen LogP contribution in [0.5, 0.6) is 0 Å². The molecular formula is C14H21FN2O. The van der Waals surface area contributed by atoms with Crippen LogP contribution >= 0.6 is 0 Å². The van der Waals surface area contributed by atoms with Gasteiger partial charge in [0.05, 0.1) is 0 Å². The molecular weight excluding hydrogens is 231 g/mol. The summed E-state index contributed by atoms with van der Waals surface area (Å²) < 4.78 is 13.3. The van der Waals surface area contributed by atoms with Gasteiger partial charge in [0.2, 0.25) is 5.91 Å². The van der Waals surface area contributed by atoms with Crippen molar-refractivity contribution in [2.75, 3.05) is 6.54 Å². The van der Waals surface area contributed by atoms with Crippen LogP contribution in [0, 0.1) is 5.82 Å². The quantitative estimate of drug-likeness (QED) is 0.781. The standard InChI is InChI=1S/C14H21FN2O/c1-3-11(2)16-9-8-14(18)17-10-12-6-4-5-7-13(12)15/h4-7,11,16H,3,8-10H2,1-2H3,(H,17,18). The van der Waals surface area contributed by atoms with Crippen molar-refractivity contribution in [3.8, 4) is 0 Å². The number of hydrogen-bond acceptors (Lipinski definition) is 2. The summed E-state index contributed by atoms with van der Waals surface area (Å²) in [6, 6.07) is 6.88. The third-order valence-electron chi connectivity index (χ3n) is 2.89. The van der Waals surface area contributed by atoms with Gasteiger partial charge >= 0.3 is 0 Å². The van der Waals surface area contributed by atoms with Crippen LogP contribution in [0.15, 0.2) is 24.3 Å². The molecule has 1 atom stereocenters. The molecule has 1 unspecified atom stereocenters. The summed E-state index contributed by atoms with van der Waals surface area (Å²) in [6.07, 6.45) is 1.45. The highest BCUT2D eigenvalue weighted by molar-refractivity contribution is 5.76. The molecule has 0 radical (unpaired) electrons. The topological polar surface area (TPSA) is 41.1 Å². The Kier molecular flexibility index (Phi) is 6.36. The molecule has 0 fully saturated rings. The van der Waals surface area contributed by atoms with Gasteiger partial charge in [-0.05, 0) is 19.4 Å². The molecule has 0 saturated carbocycles. The van der Waals surface area contributed by atoms with Crippen LogP contribution < -0.4 is 10.6 Å². The predicted molar refractivity (Wildman–Crippen MR) is 70.6 cm³/mol. The lowest BCUT2D eigenvalue weighted by Crippen LogP contribution is -2.31. The van der Waals surface area contributed by atoms with E-state index in [-0.39, 0.29) is 18.3 Å². The predicted octanol–water partition coefficient (Wildman–Crippen LogP) is 2.22. The smallest absolute Gasteiger partial charge is 0.221 e. The zero-order valence-electron chi connectivity index (χ0n) is 11.0. The van der Waals surface area contributed by atoms with E-state index in [1.54, 1.807) is 18.2 Å². The van der Waals surface area contributed by atoms with Crippen molar-refractivity contribution in [3.05, 3.63) is 35.6 Å². The Hall–Kier alpha value is -1.42. The maximum absolute atomic E-state index is 13.3. The average molecular weight is 252 g/mol. The fraction of sp³-hybridized carbons (Fsp3) is 0.500. The number of halogens is 1. The molecule has 0 bridgehead atoms. The molecule has 3 nitrogen and oxygen atoms in total. The van der Waals surface area contributed by atoms with Gasteiger partial charge in [-0.1, -0.05) is 25.1 Å². The minimum absolute atomic E-state index is 0.0611. The first-order valence-electron chi connectivity index (χ1n) is 6.37. The van der Waals surface area contributed by atoms with Crippen molar-refractivity contribution in [1.29, 1.82) is 0 Å². The van der Waals surface area contributed by atoms with Crippen molar-refractivity contribution in [2.45, 2.75) is 39.3 Å². The normalized spacial score (nSPS) is 12.2. The molecule has 0 heterocycles. The van der Waals surface area contributed by atoms with E-state index in [0.29, 0.717) is 24.6 Å². The highest BCUT2D eigenvalue weighted by Gasteiger charge is 2.05. The highest BCUT2D eigenvalue weighted by Crippen LogP contribution is 2.05. The van der Waals surface area contributed by atoms with Gasteiger partial charge in [0.1, 0.15) is 5.82 Å². The Balaban J connectivity index is 2.23. The lowest BCUT2D eigenvalue weighted by atomic mass is 10.2. The van der Waals surface area contributed by atoms with Gasteiger partial charge in [-0.3, -0.25) is 4.79 Å². The molecule has 4 heteroatoms. The van der Waals surface area contributed by atoms with Crippen LogP contribution in [0.1, 0.15) is 32.3 Å². The zero-order valence-corrected chi connectivity index (χ0v) is 11.0. The van der Waals surface area contributed by atoms with Gasteiger partial charge in [-0.15, -0.1) is 0 Å². The largest absolute Gasteiger partial charge is 0.352 e. The minimum Gasteiger partial charge on any atom is -0.352 e. The Labute approximate surface area is 108 Å². The average Bonchev–Trinajstić information content (AvgIpc) is 2.37. The SMILES string of the molecule is CCC(C)NCCC(=O)NCc1ccccc1F. The number of carbonyl (C=O) groups is 1. The maximum Gasteiger partial charge on any atom is 0.221 e. The molecule has 0 aliphatic heterocycles. The van der Waals surface area contributed by atoms with E-state index in [1.165, 1.54) is 6.07 Å². The summed E-state index contributed by atoms with van der Waals surface area (Å²) in [5, 5.41) is 5.95. The monoisotopic (exact) mass is 252 g/mol. The molecule has 0 aliphatic rings.